The first-order valence-corrected chi connectivity index (χ1v) is 12.3. The van der Waals surface area contributed by atoms with Gasteiger partial charge in [0, 0.05) is 22.5 Å². The van der Waals surface area contributed by atoms with Gasteiger partial charge in [-0.2, -0.15) is 0 Å². The number of imide groups is 1. The van der Waals surface area contributed by atoms with E-state index in [0.29, 0.717) is 33.8 Å². The van der Waals surface area contributed by atoms with Crippen LogP contribution in [0.1, 0.15) is 19.8 Å². The molecular formula is C23H21Cl2N3O3S. The molecule has 1 aromatic heterocycles. The van der Waals surface area contributed by atoms with Gasteiger partial charge in [0.2, 0.25) is 17.7 Å². The highest BCUT2D eigenvalue weighted by Gasteiger charge is 2.59. The summed E-state index contributed by atoms with van der Waals surface area (Å²) in [7, 11) is 0. The molecule has 0 spiro atoms. The van der Waals surface area contributed by atoms with Crippen LogP contribution in [0.2, 0.25) is 10.0 Å². The number of hydrogen-bond donors (Lipinski definition) is 0. The lowest BCUT2D eigenvalue weighted by Gasteiger charge is -2.23. The van der Waals surface area contributed by atoms with Crippen molar-refractivity contribution >= 4 is 57.4 Å². The summed E-state index contributed by atoms with van der Waals surface area (Å²) in [5, 5.41) is 3.36. The molecule has 4 atom stereocenters. The largest absolute Gasteiger partial charge is 0.287 e. The number of halogens is 2. The van der Waals surface area contributed by atoms with Crippen LogP contribution in [0.5, 0.6) is 0 Å². The highest BCUT2D eigenvalue weighted by molar-refractivity contribution is 7.14. The van der Waals surface area contributed by atoms with Crippen LogP contribution < -0.4 is 4.90 Å². The second-order valence-electron chi connectivity index (χ2n) is 8.45. The number of thiazole rings is 1. The fourth-order valence-electron chi connectivity index (χ4n) is 5.10. The summed E-state index contributed by atoms with van der Waals surface area (Å²) in [6.07, 6.45) is 5.67. The smallest absolute Gasteiger partial charge is 0.248 e. The number of aromatic nitrogens is 1. The zero-order chi connectivity index (χ0) is 22.6. The van der Waals surface area contributed by atoms with Gasteiger partial charge in [0.15, 0.2) is 5.13 Å². The van der Waals surface area contributed by atoms with E-state index in [9.17, 15) is 14.4 Å². The first-order chi connectivity index (χ1) is 15.4. The molecule has 2 aromatic rings. The lowest BCUT2D eigenvalue weighted by atomic mass is 9.85. The number of hydrogen-bond acceptors (Lipinski definition) is 5. The number of allylic oxidation sites excluding steroid dienone is 2. The maximum atomic E-state index is 13.2. The second-order valence-corrected chi connectivity index (χ2v) is 10.1. The average Bonchev–Trinajstić information content (AvgIpc) is 3.53. The van der Waals surface area contributed by atoms with Crippen LogP contribution >= 0.6 is 34.5 Å². The number of fused-ring (bicyclic) bond motifs is 5. The molecule has 2 aliphatic carbocycles. The molecule has 3 aliphatic rings. The molecule has 1 saturated heterocycles. The van der Waals surface area contributed by atoms with Gasteiger partial charge in [-0.1, -0.05) is 42.3 Å². The minimum atomic E-state index is -0.308. The van der Waals surface area contributed by atoms with Crippen molar-refractivity contribution in [1.29, 1.82) is 0 Å². The van der Waals surface area contributed by atoms with Crippen molar-refractivity contribution in [2.75, 3.05) is 18.0 Å². The highest BCUT2D eigenvalue weighted by Crippen LogP contribution is 2.52. The molecule has 1 saturated carbocycles. The molecule has 4 unspecified atom stereocenters. The van der Waals surface area contributed by atoms with Crippen LogP contribution in [0.4, 0.5) is 5.13 Å². The van der Waals surface area contributed by atoms with E-state index in [1.54, 1.807) is 23.1 Å². The van der Waals surface area contributed by atoms with Gasteiger partial charge in [-0.05, 0) is 42.9 Å². The SMILES string of the molecule is CCCN(C(=O)CN1C(=O)C2C3C=CC(C3)C2C1=O)c1nc(-c2ccc(Cl)cc2Cl)cs1. The van der Waals surface area contributed by atoms with E-state index in [4.69, 9.17) is 23.2 Å². The van der Waals surface area contributed by atoms with Gasteiger partial charge in [-0.25, -0.2) is 4.98 Å². The molecule has 3 amide bonds. The lowest BCUT2D eigenvalue weighted by Crippen LogP contribution is -2.44. The fraction of sp³-hybridized carbons (Fsp3) is 0.391. The van der Waals surface area contributed by atoms with E-state index in [0.717, 1.165) is 16.9 Å². The molecule has 5 rings (SSSR count). The number of anilines is 1. The lowest BCUT2D eigenvalue weighted by molar-refractivity contribution is -0.143. The molecule has 32 heavy (non-hydrogen) atoms. The Labute approximate surface area is 199 Å². The zero-order valence-electron chi connectivity index (χ0n) is 17.3. The fourth-order valence-corrected chi connectivity index (χ4v) is 6.47. The molecule has 9 heteroatoms. The Morgan fingerprint density at radius 3 is 2.50 bits per heavy atom. The third-order valence-electron chi connectivity index (χ3n) is 6.53. The molecule has 2 bridgehead atoms. The number of likely N-dealkylation sites (tertiary alicyclic amines) is 1. The molecule has 0 radical (unpaired) electrons. The minimum Gasteiger partial charge on any atom is -0.287 e. The molecule has 166 valence electrons. The van der Waals surface area contributed by atoms with E-state index in [1.807, 2.05) is 24.5 Å². The first kappa shape index (κ1) is 21.6. The summed E-state index contributed by atoms with van der Waals surface area (Å²) in [4.78, 5) is 46.5. The van der Waals surface area contributed by atoms with Crippen LogP contribution in [0, 0.1) is 23.7 Å². The van der Waals surface area contributed by atoms with Crippen molar-refractivity contribution in [3.8, 4) is 11.3 Å². The van der Waals surface area contributed by atoms with Crippen LogP contribution in [-0.2, 0) is 14.4 Å². The van der Waals surface area contributed by atoms with E-state index in [2.05, 4.69) is 4.98 Å². The topological polar surface area (TPSA) is 70.6 Å². The molecular weight excluding hydrogens is 469 g/mol. The number of nitrogens with zero attached hydrogens (tertiary/aromatic N) is 3. The Morgan fingerprint density at radius 1 is 1.19 bits per heavy atom. The second kappa shape index (κ2) is 8.28. The molecule has 1 aromatic carbocycles. The predicted molar refractivity (Wildman–Crippen MR) is 125 cm³/mol. The van der Waals surface area contributed by atoms with E-state index >= 15 is 0 Å². The van der Waals surface area contributed by atoms with Crippen LogP contribution in [0.25, 0.3) is 11.3 Å². The van der Waals surface area contributed by atoms with Gasteiger partial charge in [-0.15, -0.1) is 11.3 Å². The summed E-state index contributed by atoms with van der Waals surface area (Å²) in [6.45, 7) is 2.15. The van der Waals surface area contributed by atoms with Crippen molar-refractivity contribution in [2.24, 2.45) is 23.7 Å². The van der Waals surface area contributed by atoms with E-state index in [-0.39, 0.29) is 47.9 Å². The number of amides is 3. The van der Waals surface area contributed by atoms with Crippen molar-refractivity contribution in [3.05, 3.63) is 45.8 Å². The summed E-state index contributed by atoms with van der Waals surface area (Å²) in [6, 6.07) is 5.17. The van der Waals surface area contributed by atoms with Gasteiger partial charge >= 0.3 is 0 Å². The Morgan fingerprint density at radius 2 is 1.88 bits per heavy atom. The summed E-state index contributed by atoms with van der Waals surface area (Å²) in [5.41, 5.74) is 1.37. The third-order valence-corrected chi connectivity index (χ3v) is 7.94. The Bertz CT molecular complexity index is 1120. The van der Waals surface area contributed by atoms with Gasteiger partial charge < -0.3 is 0 Å². The molecule has 2 fully saturated rings. The Hall–Kier alpha value is -2.22. The summed E-state index contributed by atoms with van der Waals surface area (Å²) < 4.78 is 0. The molecule has 6 nitrogen and oxygen atoms in total. The normalized spacial score (nSPS) is 25.7. The zero-order valence-corrected chi connectivity index (χ0v) is 19.7. The van der Waals surface area contributed by atoms with Gasteiger partial charge in [-0.3, -0.25) is 24.2 Å². The number of rotatable bonds is 6. The van der Waals surface area contributed by atoms with Gasteiger partial charge in [0.25, 0.3) is 0 Å². The standard InChI is InChI=1S/C23H21Cl2N3O3S/c1-2-7-27(23-26-17(11-32-23)15-6-5-14(24)9-16(15)25)18(29)10-28-21(30)19-12-3-4-13(8-12)20(19)22(28)31/h3-6,9,11-13,19-20H,2,7-8,10H2,1H3. The quantitative estimate of drug-likeness (QED) is 0.436. The third kappa shape index (κ3) is 3.47. The Balaban J connectivity index is 1.36. The van der Waals surface area contributed by atoms with Crippen molar-refractivity contribution in [2.45, 2.75) is 19.8 Å². The number of carbonyl (C=O) groups is 3. The molecule has 1 aliphatic heterocycles. The molecule has 2 heterocycles. The van der Waals surface area contributed by atoms with Gasteiger partial charge in [0.05, 0.1) is 22.6 Å². The Kier molecular flexibility index (Phi) is 5.60. The number of benzene rings is 1. The van der Waals surface area contributed by atoms with Crippen LogP contribution in [0.3, 0.4) is 0 Å². The summed E-state index contributed by atoms with van der Waals surface area (Å²) >= 11 is 13.6. The van der Waals surface area contributed by atoms with E-state index in [1.165, 1.54) is 11.3 Å². The highest BCUT2D eigenvalue weighted by atomic mass is 35.5. The number of carbonyl (C=O) groups excluding carboxylic acids is 3. The van der Waals surface area contributed by atoms with Crippen molar-refractivity contribution < 1.29 is 14.4 Å². The van der Waals surface area contributed by atoms with Gasteiger partial charge in [0.1, 0.15) is 6.54 Å². The van der Waals surface area contributed by atoms with Crippen LogP contribution in [0.15, 0.2) is 35.7 Å². The monoisotopic (exact) mass is 489 g/mol. The first-order valence-electron chi connectivity index (χ1n) is 10.6. The molecule has 0 N–H and O–H groups in total. The van der Waals surface area contributed by atoms with Crippen molar-refractivity contribution in [3.63, 3.8) is 0 Å². The maximum absolute atomic E-state index is 13.2. The van der Waals surface area contributed by atoms with Crippen LogP contribution in [-0.4, -0.2) is 40.7 Å². The van der Waals surface area contributed by atoms with E-state index < -0.39 is 0 Å². The summed E-state index contributed by atoms with van der Waals surface area (Å²) in [5.74, 6) is -1.09. The predicted octanol–water partition coefficient (Wildman–Crippen LogP) is 4.67. The average molecular weight is 490 g/mol. The maximum Gasteiger partial charge on any atom is 0.248 e. The van der Waals surface area contributed by atoms with Crippen molar-refractivity contribution in [1.82, 2.24) is 9.88 Å². The minimum absolute atomic E-state index is 0.124.